The molecule has 0 saturated heterocycles. The number of benzene rings is 2. The zero-order chi connectivity index (χ0) is 25.2. The number of aliphatic hydroxyl groups excluding tert-OH is 2. The fourth-order valence-corrected chi connectivity index (χ4v) is 4.99. The molecule has 2 aromatic carbocycles. The molecule has 4 atom stereocenters. The third-order valence-corrected chi connectivity index (χ3v) is 6.62. The van der Waals surface area contributed by atoms with Crippen LogP contribution in [0.15, 0.2) is 54.1 Å². The second-order valence-electron chi connectivity index (χ2n) is 8.82. The normalized spacial score (nSPS) is 23.2. The monoisotopic (exact) mass is 496 g/mol. The highest BCUT2D eigenvalue weighted by molar-refractivity contribution is 5.96. The number of nitrogens with one attached hydrogen (secondary N) is 1. The Balaban J connectivity index is 1.53. The lowest BCUT2D eigenvalue weighted by molar-refractivity contribution is -0.141. The van der Waals surface area contributed by atoms with Crippen LogP contribution in [-0.2, 0) is 20.9 Å². The molecule has 0 fully saturated rings. The summed E-state index contributed by atoms with van der Waals surface area (Å²) in [5.41, 5.74) is 1.92. The largest absolute Gasteiger partial charge is 0.486 e. The molecule has 3 aliphatic rings. The van der Waals surface area contributed by atoms with Crippen LogP contribution < -0.4 is 19.5 Å². The second-order valence-corrected chi connectivity index (χ2v) is 8.82. The van der Waals surface area contributed by atoms with Crippen LogP contribution in [0, 0.1) is 0 Å². The van der Waals surface area contributed by atoms with Crippen LogP contribution >= 0.6 is 0 Å². The van der Waals surface area contributed by atoms with Gasteiger partial charge in [-0.05, 0) is 29.8 Å². The summed E-state index contributed by atoms with van der Waals surface area (Å²) in [6.45, 7) is -0.0835. The molecule has 0 bridgehead atoms. The molecule has 5 rings (SSSR count). The molecule has 2 aliphatic heterocycles. The molecule has 1 aliphatic carbocycles. The van der Waals surface area contributed by atoms with Crippen molar-refractivity contribution in [1.29, 1.82) is 0 Å². The van der Waals surface area contributed by atoms with Crippen molar-refractivity contribution in [3.8, 4) is 17.2 Å². The fourth-order valence-electron chi connectivity index (χ4n) is 4.99. The number of hydrogen-bond donors (Lipinski definition) is 3. The maximum atomic E-state index is 13.2. The number of rotatable bonds is 8. The number of aliphatic hydroxyl groups is 2. The van der Waals surface area contributed by atoms with Gasteiger partial charge in [0.25, 0.3) is 0 Å². The second kappa shape index (κ2) is 10.2. The van der Waals surface area contributed by atoms with Crippen molar-refractivity contribution in [3.63, 3.8) is 0 Å². The van der Waals surface area contributed by atoms with E-state index in [9.17, 15) is 19.8 Å². The van der Waals surface area contributed by atoms with Crippen LogP contribution in [0.2, 0.25) is 0 Å². The zero-order valence-electron chi connectivity index (χ0n) is 19.8. The van der Waals surface area contributed by atoms with Crippen LogP contribution in [-0.4, -0.2) is 78.8 Å². The summed E-state index contributed by atoms with van der Waals surface area (Å²) in [4.78, 5) is 27.9. The molecule has 0 radical (unpaired) electrons. The van der Waals surface area contributed by atoms with Crippen molar-refractivity contribution in [2.45, 2.75) is 30.7 Å². The van der Waals surface area contributed by atoms with E-state index in [2.05, 4.69) is 5.32 Å². The summed E-state index contributed by atoms with van der Waals surface area (Å²) in [7, 11) is 1.42. The number of nitrogens with zero attached hydrogens (tertiary/aromatic N) is 1. The molecule has 0 saturated carbocycles. The number of amides is 2. The predicted octanol–water partition coefficient (Wildman–Crippen LogP) is 0.713. The summed E-state index contributed by atoms with van der Waals surface area (Å²) < 4.78 is 22.1. The Labute approximate surface area is 208 Å². The van der Waals surface area contributed by atoms with Gasteiger partial charge in [-0.2, -0.15) is 0 Å². The first kappa shape index (κ1) is 24.1. The number of methoxy groups -OCH3 is 1. The van der Waals surface area contributed by atoms with E-state index in [0.29, 0.717) is 22.8 Å². The highest BCUT2D eigenvalue weighted by Gasteiger charge is 2.50. The SMILES string of the molecule is COCC(=O)N(Cc1ccc2c(c1)OCO2)[C@@H]1C=C(C(=O)NCCO)[C@@H]2c3ccccc3O[C@@H]2[C@H]1O. The van der Waals surface area contributed by atoms with Gasteiger partial charge in [0.05, 0.1) is 18.6 Å². The molecule has 0 unspecified atom stereocenters. The predicted molar refractivity (Wildman–Crippen MR) is 127 cm³/mol. The lowest BCUT2D eigenvalue weighted by Crippen LogP contribution is -2.56. The van der Waals surface area contributed by atoms with Gasteiger partial charge in [-0.3, -0.25) is 9.59 Å². The summed E-state index contributed by atoms with van der Waals surface area (Å²) in [6, 6.07) is 11.8. The van der Waals surface area contributed by atoms with Gasteiger partial charge in [-0.15, -0.1) is 0 Å². The van der Waals surface area contributed by atoms with Gasteiger partial charge in [0.2, 0.25) is 18.6 Å². The molecule has 2 aromatic rings. The average Bonchev–Trinajstić information content (AvgIpc) is 3.51. The van der Waals surface area contributed by atoms with Crippen molar-refractivity contribution in [2.75, 3.05) is 33.7 Å². The van der Waals surface area contributed by atoms with Crippen molar-refractivity contribution in [3.05, 3.63) is 65.2 Å². The molecule has 10 heteroatoms. The summed E-state index contributed by atoms with van der Waals surface area (Å²) in [5.74, 6) is 0.506. The molecule has 3 N–H and O–H groups in total. The van der Waals surface area contributed by atoms with Crippen molar-refractivity contribution < 1.29 is 38.7 Å². The van der Waals surface area contributed by atoms with Gasteiger partial charge in [0, 0.05) is 31.3 Å². The Bertz CT molecular complexity index is 1180. The fraction of sp³-hybridized carbons (Fsp3) is 0.385. The van der Waals surface area contributed by atoms with Gasteiger partial charge in [0.15, 0.2) is 11.5 Å². The van der Waals surface area contributed by atoms with E-state index in [4.69, 9.17) is 18.9 Å². The maximum Gasteiger partial charge on any atom is 0.249 e. The quantitative estimate of drug-likeness (QED) is 0.488. The van der Waals surface area contributed by atoms with E-state index in [-0.39, 0.29) is 39.0 Å². The lowest BCUT2D eigenvalue weighted by Gasteiger charge is -2.40. The van der Waals surface area contributed by atoms with E-state index in [0.717, 1.165) is 11.1 Å². The number of carbonyl (C=O) groups excluding carboxylic acids is 2. The smallest absolute Gasteiger partial charge is 0.249 e. The van der Waals surface area contributed by atoms with Crippen LogP contribution in [0.25, 0.3) is 0 Å². The number of fused-ring (bicyclic) bond motifs is 4. The van der Waals surface area contributed by atoms with E-state index in [1.54, 1.807) is 24.3 Å². The Kier molecular flexibility index (Phi) is 6.82. The average molecular weight is 497 g/mol. The minimum absolute atomic E-state index is 0.0762. The molecule has 10 nitrogen and oxygen atoms in total. The molecular weight excluding hydrogens is 468 g/mol. The first-order valence-corrected chi connectivity index (χ1v) is 11.7. The first-order chi connectivity index (χ1) is 17.5. The van der Waals surface area contributed by atoms with Crippen molar-refractivity contribution in [2.24, 2.45) is 0 Å². The Morgan fingerprint density at radius 3 is 2.75 bits per heavy atom. The van der Waals surface area contributed by atoms with E-state index in [1.165, 1.54) is 12.0 Å². The van der Waals surface area contributed by atoms with Gasteiger partial charge in [-0.25, -0.2) is 0 Å². The molecule has 0 spiro atoms. The molecule has 2 heterocycles. The summed E-state index contributed by atoms with van der Waals surface area (Å²) >= 11 is 0. The molecule has 2 amide bonds. The van der Waals surface area contributed by atoms with Crippen LogP contribution in [0.1, 0.15) is 17.0 Å². The number of carbonyl (C=O) groups is 2. The minimum Gasteiger partial charge on any atom is -0.486 e. The zero-order valence-corrected chi connectivity index (χ0v) is 19.8. The highest BCUT2D eigenvalue weighted by Crippen LogP contribution is 2.47. The van der Waals surface area contributed by atoms with Gasteiger partial charge in [-0.1, -0.05) is 24.3 Å². The van der Waals surface area contributed by atoms with Crippen LogP contribution in [0.3, 0.4) is 0 Å². The number of ether oxygens (including phenoxy) is 4. The van der Waals surface area contributed by atoms with Crippen LogP contribution in [0.4, 0.5) is 0 Å². The Hall–Kier alpha value is -3.60. The maximum absolute atomic E-state index is 13.2. The summed E-state index contributed by atoms with van der Waals surface area (Å²) in [5, 5.41) is 23.4. The standard InChI is InChI=1S/C26H28N2O8/c1-33-13-22(30)28(12-15-6-7-20-21(10-15)35-14-34-20)18-11-17(26(32)27-8-9-29)23-16-4-2-3-5-19(16)36-25(23)24(18)31/h2-7,10-11,18,23-25,29,31H,8-9,12-14H2,1H3,(H,27,32)/t18-,23+,24+,25+/m1/s1. The third kappa shape index (κ3) is 4.39. The van der Waals surface area contributed by atoms with Gasteiger partial charge in [0.1, 0.15) is 24.6 Å². The van der Waals surface area contributed by atoms with Crippen LogP contribution in [0.5, 0.6) is 17.2 Å². The highest BCUT2D eigenvalue weighted by atomic mass is 16.7. The molecule has 190 valence electrons. The van der Waals surface area contributed by atoms with Crippen molar-refractivity contribution in [1.82, 2.24) is 10.2 Å². The number of para-hydroxylation sites is 1. The summed E-state index contributed by atoms with van der Waals surface area (Å²) in [6.07, 6.45) is -0.265. The minimum atomic E-state index is -1.12. The topological polar surface area (TPSA) is 127 Å². The number of hydrogen-bond acceptors (Lipinski definition) is 8. The third-order valence-electron chi connectivity index (χ3n) is 6.62. The molecular formula is C26H28N2O8. The van der Waals surface area contributed by atoms with E-state index in [1.807, 2.05) is 24.3 Å². The first-order valence-electron chi connectivity index (χ1n) is 11.7. The Morgan fingerprint density at radius 2 is 1.94 bits per heavy atom. The lowest BCUT2D eigenvalue weighted by atomic mass is 9.77. The van der Waals surface area contributed by atoms with Gasteiger partial charge < -0.3 is 39.4 Å². The molecule has 0 aromatic heterocycles. The van der Waals surface area contributed by atoms with Crippen molar-refractivity contribution >= 4 is 11.8 Å². The van der Waals surface area contributed by atoms with E-state index < -0.39 is 30.1 Å². The van der Waals surface area contributed by atoms with E-state index >= 15 is 0 Å². The molecule has 36 heavy (non-hydrogen) atoms. The van der Waals surface area contributed by atoms with Gasteiger partial charge >= 0.3 is 0 Å². The Morgan fingerprint density at radius 1 is 1.14 bits per heavy atom.